The van der Waals surface area contributed by atoms with Gasteiger partial charge in [0.05, 0.1) is 25.7 Å². The highest BCUT2D eigenvalue weighted by molar-refractivity contribution is 5.84. The van der Waals surface area contributed by atoms with Gasteiger partial charge in [-0.15, -0.1) is 0 Å². The van der Waals surface area contributed by atoms with Crippen LogP contribution in [0.15, 0.2) is 0 Å². The minimum absolute atomic E-state index is 0.0266. The first-order chi connectivity index (χ1) is 8.51. The Morgan fingerprint density at radius 3 is 2.67 bits per heavy atom. The zero-order chi connectivity index (χ0) is 13.7. The average Bonchev–Trinajstić information content (AvgIpc) is 2.64. The normalized spacial score (nSPS) is 23.8. The molecule has 1 rings (SSSR count). The molecule has 18 heavy (non-hydrogen) atoms. The minimum Gasteiger partial charge on any atom is -0.469 e. The number of methoxy groups -OCH3 is 1. The molecule has 1 saturated heterocycles. The maximum absolute atomic E-state index is 12.2. The van der Waals surface area contributed by atoms with Crippen molar-refractivity contribution in [3.63, 3.8) is 0 Å². The molecule has 0 radical (unpaired) electrons. The average molecular weight is 256 g/mol. The summed E-state index contributed by atoms with van der Waals surface area (Å²) in [5.74, 6) is 0.164. The summed E-state index contributed by atoms with van der Waals surface area (Å²) in [4.78, 5) is 25.2. The van der Waals surface area contributed by atoms with Gasteiger partial charge in [0.25, 0.3) is 0 Å². The van der Waals surface area contributed by atoms with E-state index in [1.54, 1.807) is 4.90 Å². The number of hydrogen-bond acceptors (Lipinski definition) is 4. The quantitative estimate of drug-likeness (QED) is 0.724. The number of carbonyl (C=O) groups is 2. The molecule has 1 aliphatic rings. The monoisotopic (exact) mass is 256 g/mol. The lowest BCUT2D eigenvalue weighted by Crippen LogP contribution is -2.42. The van der Waals surface area contributed by atoms with Crippen molar-refractivity contribution >= 4 is 11.9 Å². The maximum Gasteiger partial charge on any atom is 0.307 e. The molecule has 1 N–H and O–H groups in total. The van der Waals surface area contributed by atoms with Crippen LogP contribution in [0.2, 0.25) is 0 Å². The Morgan fingerprint density at radius 2 is 2.17 bits per heavy atom. The highest BCUT2D eigenvalue weighted by Crippen LogP contribution is 2.20. The number of nitrogens with zero attached hydrogens (tertiary/aromatic N) is 1. The molecule has 0 bridgehead atoms. The fraction of sp³-hybridized carbons (Fsp3) is 0.846. The van der Waals surface area contributed by atoms with Gasteiger partial charge in [-0.1, -0.05) is 27.2 Å². The lowest BCUT2D eigenvalue weighted by atomic mass is 10.1. The molecule has 0 spiro atoms. The van der Waals surface area contributed by atoms with Gasteiger partial charge >= 0.3 is 5.97 Å². The largest absolute Gasteiger partial charge is 0.469 e. The summed E-state index contributed by atoms with van der Waals surface area (Å²) in [7, 11) is 1.37. The Bertz CT molecular complexity index is 305. The summed E-state index contributed by atoms with van der Waals surface area (Å²) in [5, 5.41) is 3.36. The molecule has 0 aliphatic carbocycles. The highest BCUT2D eigenvalue weighted by Gasteiger charge is 2.39. The van der Waals surface area contributed by atoms with Crippen molar-refractivity contribution in [2.24, 2.45) is 5.92 Å². The minimum atomic E-state index is -0.274. The van der Waals surface area contributed by atoms with E-state index < -0.39 is 0 Å². The van der Waals surface area contributed by atoms with Gasteiger partial charge < -0.3 is 9.64 Å². The Labute approximate surface area is 109 Å². The number of hydrogen-bond donors (Lipinski definition) is 1. The lowest BCUT2D eigenvalue weighted by molar-refractivity contribution is -0.141. The van der Waals surface area contributed by atoms with E-state index >= 15 is 0 Å². The second-order valence-corrected chi connectivity index (χ2v) is 5.05. The number of nitrogens with one attached hydrogen (secondary N) is 1. The predicted molar refractivity (Wildman–Crippen MR) is 68.8 cm³/mol. The Hall–Kier alpha value is -1.10. The molecule has 5 heteroatoms. The van der Waals surface area contributed by atoms with Crippen LogP contribution in [0.5, 0.6) is 0 Å². The number of carbonyl (C=O) groups excluding carboxylic acids is 2. The van der Waals surface area contributed by atoms with Crippen molar-refractivity contribution in [1.82, 2.24) is 10.2 Å². The van der Waals surface area contributed by atoms with Crippen LogP contribution in [0.25, 0.3) is 0 Å². The molecule has 1 amide bonds. The fourth-order valence-corrected chi connectivity index (χ4v) is 2.32. The van der Waals surface area contributed by atoms with E-state index in [1.807, 2.05) is 0 Å². The standard InChI is InChI=1S/C13H24N2O3/c1-5-6-10-13(17)15(8-7-11(16)18-4)12(14-10)9(2)3/h9-10,12,14H,5-8H2,1-4H3. The van der Waals surface area contributed by atoms with Crippen molar-refractivity contribution in [2.45, 2.75) is 52.2 Å². The molecule has 0 saturated carbocycles. The van der Waals surface area contributed by atoms with Crippen LogP contribution in [-0.2, 0) is 14.3 Å². The summed E-state index contributed by atoms with van der Waals surface area (Å²) < 4.78 is 4.62. The molecule has 1 heterocycles. The summed E-state index contributed by atoms with van der Waals surface area (Å²) >= 11 is 0. The first-order valence-corrected chi connectivity index (χ1v) is 6.64. The van der Waals surface area contributed by atoms with E-state index in [0.717, 1.165) is 12.8 Å². The van der Waals surface area contributed by atoms with Crippen LogP contribution >= 0.6 is 0 Å². The second-order valence-electron chi connectivity index (χ2n) is 5.05. The van der Waals surface area contributed by atoms with Gasteiger partial charge in [0.15, 0.2) is 0 Å². The molecule has 5 nitrogen and oxygen atoms in total. The molecular formula is C13H24N2O3. The van der Waals surface area contributed by atoms with Gasteiger partial charge in [-0.25, -0.2) is 0 Å². The summed E-state index contributed by atoms with van der Waals surface area (Å²) in [6.07, 6.45) is 2.10. The Balaban J connectivity index is 2.65. The third-order valence-electron chi connectivity index (χ3n) is 3.28. The zero-order valence-corrected chi connectivity index (χ0v) is 11.7. The van der Waals surface area contributed by atoms with Crippen LogP contribution in [-0.4, -0.2) is 42.6 Å². The number of amides is 1. The van der Waals surface area contributed by atoms with Crippen molar-refractivity contribution in [3.05, 3.63) is 0 Å². The Morgan fingerprint density at radius 1 is 1.50 bits per heavy atom. The number of ether oxygens (including phenoxy) is 1. The van der Waals surface area contributed by atoms with Crippen LogP contribution in [0.4, 0.5) is 0 Å². The summed E-state index contributed by atoms with van der Waals surface area (Å²) in [6, 6.07) is -0.0972. The van der Waals surface area contributed by atoms with Gasteiger partial charge in [-0.3, -0.25) is 14.9 Å². The molecule has 1 fully saturated rings. The van der Waals surface area contributed by atoms with Gasteiger partial charge in [0.2, 0.25) is 5.91 Å². The van der Waals surface area contributed by atoms with Crippen molar-refractivity contribution in [2.75, 3.05) is 13.7 Å². The van der Waals surface area contributed by atoms with Gasteiger partial charge in [-0.05, 0) is 12.3 Å². The molecule has 0 aromatic carbocycles. The first kappa shape index (κ1) is 15.0. The molecule has 1 aliphatic heterocycles. The molecule has 0 aromatic rings. The van der Waals surface area contributed by atoms with Gasteiger partial charge in [0.1, 0.15) is 0 Å². The van der Waals surface area contributed by atoms with E-state index in [1.165, 1.54) is 7.11 Å². The molecule has 0 aromatic heterocycles. The van der Waals surface area contributed by atoms with E-state index in [2.05, 4.69) is 30.8 Å². The van der Waals surface area contributed by atoms with Gasteiger partial charge in [0, 0.05) is 6.54 Å². The van der Waals surface area contributed by atoms with Crippen LogP contribution < -0.4 is 5.32 Å². The third kappa shape index (κ3) is 3.45. The second kappa shape index (κ2) is 6.73. The Kier molecular flexibility index (Phi) is 5.59. The summed E-state index contributed by atoms with van der Waals surface area (Å²) in [6.45, 7) is 6.65. The van der Waals surface area contributed by atoms with E-state index in [9.17, 15) is 9.59 Å². The fourth-order valence-electron chi connectivity index (χ4n) is 2.32. The highest BCUT2D eigenvalue weighted by atomic mass is 16.5. The third-order valence-corrected chi connectivity index (χ3v) is 3.28. The predicted octanol–water partition coefficient (Wildman–Crippen LogP) is 1.13. The molecule has 2 atom stereocenters. The van der Waals surface area contributed by atoms with Crippen LogP contribution in [0.3, 0.4) is 0 Å². The maximum atomic E-state index is 12.2. The van der Waals surface area contributed by atoms with Gasteiger partial charge in [-0.2, -0.15) is 0 Å². The smallest absolute Gasteiger partial charge is 0.307 e. The topological polar surface area (TPSA) is 58.6 Å². The molecule has 2 unspecified atom stereocenters. The van der Waals surface area contributed by atoms with E-state index in [-0.39, 0.29) is 30.5 Å². The van der Waals surface area contributed by atoms with Crippen molar-refractivity contribution in [3.8, 4) is 0 Å². The van der Waals surface area contributed by atoms with Crippen LogP contribution in [0.1, 0.15) is 40.0 Å². The first-order valence-electron chi connectivity index (χ1n) is 6.64. The zero-order valence-electron chi connectivity index (χ0n) is 11.7. The number of rotatable bonds is 6. The molecule has 104 valence electrons. The van der Waals surface area contributed by atoms with Crippen molar-refractivity contribution < 1.29 is 14.3 Å². The van der Waals surface area contributed by atoms with E-state index in [0.29, 0.717) is 12.5 Å². The number of esters is 1. The van der Waals surface area contributed by atoms with Crippen LogP contribution in [0, 0.1) is 5.92 Å². The molecular weight excluding hydrogens is 232 g/mol. The summed E-state index contributed by atoms with van der Waals surface area (Å²) in [5.41, 5.74) is 0. The SMILES string of the molecule is CCCC1NC(C(C)C)N(CCC(=O)OC)C1=O. The van der Waals surface area contributed by atoms with Crippen molar-refractivity contribution in [1.29, 1.82) is 0 Å². The van der Waals surface area contributed by atoms with E-state index in [4.69, 9.17) is 0 Å². The lowest BCUT2D eigenvalue weighted by Gasteiger charge is -2.26.